The Bertz CT molecular complexity index is 1300. The second kappa shape index (κ2) is 13.9. The maximum Gasteiger partial charge on any atom is 0.258 e. The molecule has 4 aliphatic rings. The Labute approximate surface area is 270 Å². The zero-order chi connectivity index (χ0) is 33.3. The molecular formula is C34H49F2N5O5. The van der Waals surface area contributed by atoms with Crippen LogP contribution in [-0.4, -0.2) is 96.6 Å². The zero-order valence-corrected chi connectivity index (χ0v) is 27.6. The molecule has 3 aliphatic carbocycles. The third-order valence-corrected chi connectivity index (χ3v) is 10.3. The van der Waals surface area contributed by atoms with Crippen LogP contribution in [0.25, 0.3) is 0 Å². The zero-order valence-electron chi connectivity index (χ0n) is 27.6. The number of carbonyl (C=O) groups is 4. The lowest BCUT2D eigenvalue weighted by molar-refractivity contribution is -0.142. The van der Waals surface area contributed by atoms with E-state index in [2.05, 4.69) is 20.9 Å². The Hall–Kier alpha value is -3.12. The van der Waals surface area contributed by atoms with Crippen molar-refractivity contribution in [1.29, 1.82) is 0 Å². The van der Waals surface area contributed by atoms with E-state index in [0.717, 1.165) is 25.7 Å². The van der Waals surface area contributed by atoms with Gasteiger partial charge >= 0.3 is 0 Å². The van der Waals surface area contributed by atoms with Crippen molar-refractivity contribution in [2.24, 2.45) is 17.8 Å². The number of alkyl halides is 1. The first-order valence-electron chi connectivity index (χ1n) is 16.8. The number of hydrogen-bond donors (Lipinski definition) is 3. The highest BCUT2D eigenvalue weighted by molar-refractivity contribution is 5.99. The predicted octanol–water partition coefficient (Wildman–Crippen LogP) is 3.36. The molecule has 1 aliphatic heterocycles. The number of nitrogens with zero attached hydrogens (tertiary/aromatic N) is 2. The van der Waals surface area contributed by atoms with E-state index in [9.17, 15) is 23.6 Å². The average Bonchev–Trinajstić information content (AvgIpc) is 3.88. The number of carbonyl (C=O) groups excluding carboxylic acids is 4. The number of benzene rings is 1. The summed E-state index contributed by atoms with van der Waals surface area (Å²) in [5.41, 5.74) is -1.53. The number of nitrogens with one attached hydrogen (secondary N) is 3. The number of rotatable bonds is 14. The molecule has 0 spiro atoms. The maximum atomic E-state index is 15.7. The first-order chi connectivity index (χ1) is 21.8. The molecule has 0 aromatic heterocycles. The number of halogens is 2. The van der Waals surface area contributed by atoms with Crippen LogP contribution in [0.3, 0.4) is 0 Å². The molecule has 0 bridgehead atoms. The SMILES string of the molecule is CCO[C@@H](C)C(=O)N[C@@H](C(=O)N1CCN(C)[C@H](C)C1)[C@@H](C)c1ccc(NC(=O)[C@@H](NC(=O)C2(F)CC2)C(C2CC2)C2CC2)c(F)c1. The third kappa shape index (κ3) is 7.87. The molecule has 12 heteroatoms. The number of piperazine rings is 1. The van der Waals surface area contributed by atoms with Gasteiger partial charge in [0.2, 0.25) is 17.7 Å². The summed E-state index contributed by atoms with van der Waals surface area (Å²) < 4.78 is 35.7. The highest BCUT2D eigenvalue weighted by Crippen LogP contribution is 2.51. The molecule has 46 heavy (non-hydrogen) atoms. The van der Waals surface area contributed by atoms with Crippen LogP contribution in [-0.2, 0) is 23.9 Å². The normalized spacial score (nSPS) is 23.7. The summed E-state index contributed by atoms with van der Waals surface area (Å²) in [6.45, 7) is 9.21. The number of anilines is 1. The molecule has 5 atom stereocenters. The summed E-state index contributed by atoms with van der Waals surface area (Å²) >= 11 is 0. The monoisotopic (exact) mass is 645 g/mol. The van der Waals surface area contributed by atoms with Gasteiger partial charge in [0.1, 0.15) is 24.0 Å². The minimum absolute atomic E-state index is 0.0725. The molecule has 3 N–H and O–H groups in total. The smallest absolute Gasteiger partial charge is 0.258 e. The van der Waals surface area contributed by atoms with E-state index >= 15 is 4.39 Å². The van der Waals surface area contributed by atoms with Crippen LogP contribution in [0.1, 0.15) is 77.7 Å². The lowest BCUT2D eigenvalue weighted by Gasteiger charge is -2.40. The fraction of sp³-hybridized carbons (Fsp3) is 0.706. The summed E-state index contributed by atoms with van der Waals surface area (Å²) in [6.07, 6.45) is 3.32. The summed E-state index contributed by atoms with van der Waals surface area (Å²) in [6, 6.07) is 2.54. The van der Waals surface area contributed by atoms with Gasteiger partial charge in [0.05, 0.1) is 5.69 Å². The van der Waals surface area contributed by atoms with Crippen molar-refractivity contribution < 1.29 is 32.7 Å². The molecule has 1 aromatic carbocycles. The quantitative estimate of drug-likeness (QED) is 0.286. The van der Waals surface area contributed by atoms with E-state index in [1.54, 1.807) is 31.7 Å². The van der Waals surface area contributed by atoms with Crippen molar-refractivity contribution in [3.63, 3.8) is 0 Å². The van der Waals surface area contributed by atoms with Gasteiger partial charge in [-0.25, -0.2) is 8.78 Å². The average molecular weight is 646 g/mol. The third-order valence-electron chi connectivity index (χ3n) is 10.3. The van der Waals surface area contributed by atoms with Gasteiger partial charge in [-0.05, 0) is 102 Å². The van der Waals surface area contributed by atoms with E-state index < -0.39 is 53.3 Å². The standard InChI is InChI=1S/C34H49F2N5O5/c1-6-46-21(4)30(42)38-28(32(44)41-16-15-40(5)19(2)18-41)20(3)24-11-12-26(25(35)17-24)37-31(43)29(39-33(45)34(36)13-14-34)27(22-7-8-22)23-9-10-23/h11-12,17,19-23,27-29H,6-10,13-16,18H2,1-5H3,(H,37,43)(H,38,42)(H,39,45)/t19-,20+,21+,28-,29+/m1/s1. The maximum absolute atomic E-state index is 15.7. The van der Waals surface area contributed by atoms with Gasteiger partial charge in [0.15, 0.2) is 5.67 Å². The molecule has 1 aromatic rings. The molecule has 5 rings (SSSR count). The van der Waals surface area contributed by atoms with Crippen molar-refractivity contribution >= 4 is 29.3 Å². The Balaban J connectivity index is 1.33. The van der Waals surface area contributed by atoms with E-state index in [0.29, 0.717) is 31.8 Å². The molecule has 4 fully saturated rings. The molecule has 4 amide bonds. The Kier molecular flexibility index (Phi) is 10.4. The van der Waals surface area contributed by atoms with Crippen molar-refractivity contribution in [1.82, 2.24) is 20.4 Å². The van der Waals surface area contributed by atoms with Gasteiger partial charge in [0, 0.05) is 38.2 Å². The lowest BCUT2D eigenvalue weighted by atomic mass is 9.88. The number of ether oxygens (including phenoxy) is 1. The highest BCUT2D eigenvalue weighted by Gasteiger charge is 2.54. The summed E-state index contributed by atoms with van der Waals surface area (Å²) in [5.74, 6) is -2.89. The molecule has 10 nitrogen and oxygen atoms in total. The Morgan fingerprint density at radius 1 is 1.00 bits per heavy atom. The fourth-order valence-corrected chi connectivity index (χ4v) is 6.60. The van der Waals surface area contributed by atoms with E-state index in [-0.39, 0.29) is 48.2 Å². The lowest BCUT2D eigenvalue weighted by Crippen LogP contribution is -2.58. The van der Waals surface area contributed by atoms with Crippen LogP contribution < -0.4 is 16.0 Å². The second-order valence-electron chi connectivity index (χ2n) is 13.9. The molecular weight excluding hydrogens is 596 g/mol. The molecule has 3 saturated carbocycles. The number of amides is 4. The van der Waals surface area contributed by atoms with Crippen molar-refractivity contribution in [2.45, 2.75) is 102 Å². The first-order valence-corrected chi connectivity index (χ1v) is 16.8. The van der Waals surface area contributed by atoms with Gasteiger partial charge in [-0.3, -0.25) is 19.2 Å². The molecule has 0 unspecified atom stereocenters. The predicted molar refractivity (Wildman–Crippen MR) is 169 cm³/mol. The van der Waals surface area contributed by atoms with E-state index in [1.165, 1.54) is 12.1 Å². The summed E-state index contributed by atoms with van der Waals surface area (Å²) in [5, 5.41) is 8.20. The van der Waals surface area contributed by atoms with Crippen LogP contribution in [0.4, 0.5) is 14.5 Å². The van der Waals surface area contributed by atoms with Crippen LogP contribution in [0, 0.1) is 23.6 Å². The Morgan fingerprint density at radius 2 is 1.65 bits per heavy atom. The Morgan fingerprint density at radius 3 is 2.20 bits per heavy atom. The topological polar surface area (TPSA) is 120 Å². The van der Waals surface area contributed by atoms with Gasteiger partial charge in [-0.1, -0.05) is 13.0 Å². The van der Waals surface area contributed by atoms with Crippen LogP contribution in [0.15, 0.2) is 18.2 Å². The fourth-order valence-electron chi connectivity index (χ4n) is 6.60. The van der Waals surface area contributed by atoms with Crippen molar-refractivity contribution in [3.8, 4) is 0 Å². The molecule has 0 radical (unpaired) electrons. The van der Waals surface area contributed by atoms with Gasteiger partial charge in [-0.15, -0.1) is 0 Å². The van der Waals surface area contributed by atoms with Crippen LogP contribution in [0.5, 0.6) is 0 Å². The molecule has 1 saturated heterocycles. The molecule has 254 valence electrons. The number of hydrogen-bond acceptors (Lipinski definition) is 6. The van der Waals surface area contributed by atoms with Crippen LogP contribution >= 0.6 is 0 Å². The van der Waals surface area contributed by atoms with Crippen molar-refractivity contribution in [2.75, 3.05) is 38.6 Å². The minimum Gasteiger partial charge on any atom is -0.369 e. The molecule has 1 heterocycles. The van der Waals surface area contributed by atoms with Gasteiger partial charge in [0.25, 0.3) is 5.91 Å². The van der Waals surface area contributed by atoms with Crippen molar-refractivity contribution in [3.05, 3.63) is 29.6 Å². The van der Waals surface area contributed by atoms with E-state index in [4.69, 9.17) is 4.74 Å². The van der Waals surface area contributed by atoms with Gasteiger partial charge < -0.3 is 30.5 Å². The summed E-state index contributed by atoms with van der Waals surface area (Å²) in [4.78, 5) is 57.0. The summed E-state index contributed by atoms with van der Waals surface area (Å²) in [7, 11) is 2.00. The highest BCUT2D eigenvalue weighted by atomic mass is 19.1. The van der Waals surface area contributed by atoms with Gasteiger partial charge in [-0.2, -0.15) is 0 Å². The van der Waals surface area contributed by atoms with E-state index in [1.807, 2.05) is 14.0 Å². The largest absolute Gasteiger partial charge is 0.369 e. The first kappa shape index (κ1) is 34.2. The minimum atomic E-state index is -1.93. The van der Waals surface area contributed by atoms with Crippen LogP contribution in [0.2, 0.25) is 0 Å². The number of likely N-dealkylation sites (N-methyl/N-ethyl adjacent to an activating group) is 1. The second-order valence-corrected chi connectivity index (χ2v) is 13.9.